The van der Waals surface area contributed by atoms with Gasteiger partial charge in [-0.25, -0.2) is 0 Å². The number of halogens is 1. The van der Waals surface area contributed by atoms with E-state index in [-0.39, 0.29) is 0 Å². The molecule has 3 heteroatoms. The Morgan fingerprint density at radius 2 is 2.11 bits per heavy atom. The molecule has 0 heterocycles. The molecule has 0 aromatic heterocycles. The van der Waals surface area contributed by atoms with Crippen LogP contribution in [-0.4, -0.2) is 31.1 Å². The molecule has 1 aliphatic carbocycles. The molecule has 2 unspecified atom stereocenters. The molecular weight excluding hydrogens is 256 g/mol. The van der Waals surface area contributed by atoms with Crippen LogP contribution in [0.2, 0.25) is 5.02 Å². The van der Waals surface area contributed by atoms with Crippen molar-refractivity contribution in [1.29, 1.82) is 0 Å². The summed E-state index contributed by atoms with van der Waals surface area (Å²) in [6.45, 7) is 5.46. The third-order valence-corrected chi connectivity index (χ3v) is 4.52. The summed E-state index contributed by atoms with van der Waals surface area (Å²) in [6.07, 6.45) is 3.89. The number of rotatable bonds is 7. The summed E-state index contributed by atoms with van der Waals surface area (Å²) < 4.78 is 0. The maximum absolute atomic E-state index is 6.23. The number of nitrogens with zero attached hydrogens (tertiary/aromatic N) is 1. The molecule has 2 rings (SSSR count). The first-order valence-electron chi connectivity index (χ1n) is 7.36. The molecule has 0 bridgehead atoms. The Morgan fingerprint density at radius 3 is 2.74 bits per heavy atom. The zero-order chi connectivity index (χ0) is 13.7. The van der Waals surface area contributed by atoms with E-state index < -0.39 is 0 Å². The van der Waals surface area contributed by atoms with Crippen molar-refractivity contribution in [3.05, 3.63) is 34.9 Å². The molecule has 19 heavy (non-hydrogen) atoms. The van der Waals surface area contributed by atoms with Gasteiger partial charge in [0.05, 0.1) is 0 Å². The molecule has 106 valence electrons. The van der Waals surface area contributed by atoms with Gasteiger partial charge in [0, 0.05) is 17.6 Å². The van der Waals surface area contributed by atoms with Crippen LogP contribution in [0, 0.1) is 5.92 Å². The summed E-state index contributed by atoms with van der Waals surface area (Å²) in [5.74, 6) is 0.805. The molecule has 2 nitrogen and oxygen atoms in total. The van der Waals surface area contributed by atoms with Crippen molar-refractivity contribution in [3.8, 4) is 0 Å². The summed E-state index contributed by atoms with van der Waals surface area (Å²) in [4.78, 5) is 2.46. The minimum absolute atomic E-state index is 0.709. The van der Waals surface area contributed by atoms with Gasteiger partial charge in [0.2, 0.25) is 0 Å². The maximum Gasteiger partial charge on any atom is 0.0451 e. The molecule has 2 atom stereocenters. The van der Waals surface area contributed by atoms with Gasteiger partial charge in [0.1, 0.15) is 0 Å². The molecule has 1 aromatic carbocycles. The van der Waals surface area contributed by atoms with Crippen LogP contribution in [0.25, 0.3) is 0 Å². The Labute approximate surface area is 122 Å². The number of nitrogens with one attached hydrogen (secondary N) is 1. The van der Waals surface area contributed by atoms with Crippen molar-refractivity contribution in [2.45, 2.75) is 38.8 Å². The van der Waals surface area contributed by atoms with Gasteiger partial charge in [-0.2, -0.15) is 0 Å². The van der Waals surface area contributed by atoms with Crippen molar-refractivity contribution in [2.75, 3.05) is 20.1 Å². The summed E-state index contributed by atoms with van der Waals surface area (Å²) in [7, 11) is 2.22. The zero-order valence-electron chi connectivity index (χ0n) is 12.0. The molecule has 0 saturated heterocycles. The average Bonchev–Trinajstić information content (AvgIpc) is 2.36. The highest BCUT2D eigenvalue weighted by molar-refractivity contribution is 6.31. The Bertz CT molecular complexity index is 394. The monoisotopic (exact) mass is 280 g/mol. The van der Waals surface area contributed by atoms with Gasteiger partial charge in [-0.3, -0.25) is 4.90 Å². The first kappa shape index (κ1) is 14.8. The summed E-state index contributed by atoms with van der Waals surface area (Å²) in [5.41, 5.74) is 1.24. The Morgan fingerprint density at radius 1 is 1.32 bits per heavy atom. The summed E-state index contributed by atoms with van der Waals surface area (Å²) in [6, 6.07) is 8.87. The molecule has 1 aliphatic rings. The van der Waals surface area contributed by atoms with Gasteiger partial charge < -0.3 is 5.32 Å². The van der Waals surface area contributed by atoms with Crippen LogP contribution < -0.4 is 5.32 Å². The second-order valence-electron chi connectivity index (χ2n) is 5.62. The predicted molar refractivity (Wildman–Crippen MR) is 82.6 cm³/mol. The number of benzene rings is 1. The SMILES string of the molecule is CCCNCC1CCC1N(C)Cc1ccccc1Cl. The zero-order valence-corrected chi connectivity index (χ0v) is 12.8. The first-order valence-corrected chi connectivity index (χ1v) is 7.74. The molecule has 0 aliphatic heterocycles. The molecule has 0 spiro atoms. The molecule has 1 saturated carbocycles. The van der Waals surface area contributed by atoms with Crippen LogP contribution in [-0.2, 0) is 6.54 Å². The largest absolute Gasteiger partial charge is 0.316 e. The Kier molecular flexibility index (Phi) is 5.68. The van der Waals surface area contributed by atoms with E-state index in [1.807, 2.05) is 12.1 Å². The van der Waals surface area contributed by atoms with E-state index in [9.17, 15) is 0 Å². The van der Waals surface area contributed by atoms with Crippen LogP contribution in [0.4, 0.5) is 0 Å². The lowest BCUT2D eigenvalue weighted by atomic mass is 9.78. The lowest BCUT2D eigenvalue weighted by Crippen LogP contribution is -2.48. The van der Waals surface area contributed by atoms with Crippen molar-refractivity contribution < 1.29 is 0 Å². The molecule has 1 N–H and O–H groups in total. The van der Waals surface area contributed by atoms with Gasteiger partial charge in [-0.05, 0) is 56.9 Å². The minimum Gasteiger partial charge on any atom is -0.316 e. The fourth-order valence-electron chi connectivity index (χ4n) is 2.85. The van der Waals surface area contributed by atoms with Gasteiger partial charge in [-0.1, -0.05) is 36.7 Å². The average molecular weight is 281 g/mol. The smallest absolute Gasteiger partial charge is 0.0451 e. The van der Waals surface area contributed by atoms with Crippen LogP contribution in [0.5, 0.6) is 0 Å². The fraction of sp³-hybridized carbons (Fsp3) is 0.625. The normalized spacial score (nSPS) is 22.5. The van der Waals surface area contributed by atoms with E-state index in [0.29, 0.717) is 6.04 Å². The summed E-state index contributed by atoms with van der Waals surface area (Å²) >= 11 is 6.23. The molecule has 0 amide bonds. The Balaban J connectivity index is 1.83. The van der Waals surface area contributed by atoms with E-state index >= 15 is 0 Å². The van der Waals surface area contributed by atoms with Crippen molar-refractivity contribution in [1.82, 2.24) is 10.2 Å². The third kappa shape index (κ3) is 3.95. The quantitative estimate of drug-likeness (QED) is 0.769. The van der Waals surface area contributed by atoms with Gasteiger partial charge >= 0.3 is 0 Å². The van der Waals surface area contributed by atoms with E-state index in [0.717, 1.165) is 30.6 Å². The van der Waals surface area contributed by atoms with Gasteiger partial charge in [0.25, 0.3) is 0 Å². The lowest BCUT2D eigenvalue weighted by molar-refractivity contribution is 0.0782. The highest BCUT2D eigenvalue weighted by Gasteiger charge is 2.33. The second-order valence-corrected chi connectivity index (χ2v) is 6.02. The van der Waals surface area contributed by atoms with Crippen LogP contribution >= 0.6 is 11.6 Å². The van der Waals surface area contributed by atoms with Crippen LogP contribution in [0.15, 0.2) is 24.3 Å². The van der Waals surface area contributed by atoms with Gasteiger partial charge in [-0.15, -0.1) is 0 Å². The number of hydrogen-bond acceptors (Lipinski definition) is 2. The number of hydrogen-bond donors (Lipinski definition) is 1. The summed E-state index contributed by atoms with van der Waals surface area (Å²) in [5, 5.41) is 4.43. The van der Waals surface area contributed by atoms with Crippen molar-refractivity contribution >= 4 is 11.6 Å². The Hall–Kier alpha value is -0.570. The molecular formula is C16H25ClN2. The fourth-order valence-corrected chi connectivity index (χ4v) is 3.04. The van der Waals surface area contributed by atoms with E-state index in [1.54, 1.807) is 0 Å². The maximum atomic E-state index is 6.23. The second kappa shape index (κ2) is 7.28. The van der Waals surface area contributed by atoms with Crippen LogP contribution in [0.1, 0.15) is 31.7 Å². The van der Waals surface area contributed by atoms with Gasteiger partial charge in [0.15, 0.2) is 0 Å². The predicted octanol–water partition coefficient (Wildman–Crippen LogP) is 3.55. The van der Waals surface area contributed by atoms with E-state index in [2.05, 4.69) is 36.3 Å². The van der Waals surface area contributed by atoms with E-state index in [4.69, 9.17) is 11.6 Å². The first-order chi connectivity index (χ1) is 9.22. The molecule has 1 fully saturated rings. The lowest BCUT2D eigenvalue weighted by Gasteiger charge is -2.43. The third-order valence-electron chi connectivity index (χ3n) is 4.15. The van der Waals surface area contributed by atoms with Crippen LogP contribution in [0.3, 0.4) is 0 Å². The molecule has 1 aromatic rings. The van der Waals surface area contributed by atoms with Crippen molar-refractivity contribution in [3.63, 3.8) is 0 Å². The molecule has 0 radical (unpaired) electrons. The van der Waals surface area contributed by atoms with Crippen molar-refractivity contribution in [2.24, 2.45) is 5.92 Å². The topological polar surface area (TPSA) is 15.3 Å². The minimum atomic E-state index is 0.709. The standard InChI is InChI=1S/C16H25ClN2/c1-3-10-18-11-13-8-9-16(13)19(2)12-14-6-4-5-7-15(14)17/h4-7,13,16,18H,3,8-12H2,1-2H3. The highest BCUT2D eigenvalue weighted by Crippen LogP contribution is 2.32. The van der Waals surface area contributed by atoms with E-state index in [1.165, 1.54) is 24.8 Å². The highest BCUT2D eigenvalue weighted by atomic mass is 35.5.